The predicted molar refractivity (Wildman–Crippen MR) is 50.2 cm³/mol. The minimum atomic E-state index is -0.168. The lowest BCUT2D eigenvalue weighted by molar-refractivity contribution is 0.0353. The van der Waals surface area contributed by atoms with Gasteiger partial charge in [-0.3, -0.25) is 4.90 Å². The van der Waals surface area contributed by atoms with Crippen molar-refractivity contribution in [2.24, 2.45) is 0 Å². The largest absolute Gasteiger partial charge is 0.448 e. The van der Waals surface area contributed by atoms with Crippen LogP contribution in [0.3, 0.4) is 0 Å². The molecule has 2 rings (SSSR count). The number of hydrogen-bond acceptors (Lipinski definition) is 4. The van der Waals surface area contributed by atoms with Crippen molar-refractivity contribution in [1.29, 1.82) is 0 Å². The van der Waals surface area contributed by atoms with Gasteiger partial charge < -0.3 is 14.4 Å². The van der Waals surface area contributed by atoms with E-state index in [-0.39, 0.29) is 6.09 Å². The molecule has 0 atom stereocenters. The molecule has 0 radical (unpaired) electrons. The first-order valence-corrected chi connectivity index (χ1v) is 5.08. The number of carbonyl (C=O) groups excluding carboxylic acids is 1. The fourth-order valence-electron chi connectivity index (χ4n) is 1.72. The first kappa shape index (κ1) is 9.73. The highest BCUT2D eigenvalue weighted by Gasteiger charge is 2.22. The third-order valence-electron chi connectivity index (χ3n) is 2.63. The van der Waals surface area contributed by atoms with E-state index >= 15 is 0 Å². The summed E-state index contributed by atoms with van der Waals surface area (Å²) in [5, 5.41) is 0. The lowest BCUT2D eigenvalue weighted by atomic mass is 10.4. The summed E-state index contributed by atoms with van der Waals surface area (Å²) >= 11 is 0. The van der Waals surface area contributed by atoms with Gasteiger partial charge >= 0.3 is 6.09 Å². The molecule has 2 heterocycles. The van der Waals surface area contributed by atoms with E-state index < -0.39 is 0 Å². The molecule has 80 valence electrons. The first-order valence-electron chi connectivity index (χ1n) is 5.08. The molecule has 2 fully saturated rings. The van der Waals surface area contributed by atoms with Gasteiger partial charge in [0, 0.05) is 26.2 Å². The highest BCUT2D eigenvalue weighted by Crippen LogP contribution is 2.04. The molecule has 0 unspecified atom stereocenters. The van der Waals surface area contributed by atoms with Gasteiger partial charge in [0.25, 0.3) is 0 Å². The van der Waals surface area contributed by atoms with Gasteiger partial charge in [-0.2, -0.15) is 0 Å². The second kappa shape index (κ2) is 4.61. The van der Waals surface area contributed by atoms with Crippen LogP contribution in [0.1, 0.15) is 0 Å². The summed E-state index contributed by atoms with van der Waals surface area (Å²) in [4.78, 5) is 15.2. The number of hydrogen-bond donors (Lipinski definition) is 0. The van der Waals surface area contributed by atoms with E-state index in [1.807, 2.05) is 0 Å². The lowest BCUT2D eigenvalue weighted by Gasteiger charge is -2.27. The molecular weight excluding hydrogens is 184 g/mol. The number of morpholine rings is 1. The number of carbonyl (C=O) groups is 1. The van der Waals surface area contributed by atoms with Gasteiger partial charge in [0.2, 0.25) is 0 Å². The van der Waals surface area contributed by atoms with Gasteiger partial charge in [0.05, 0.1) is 19.8 Å². The summed E-state index contributed by atoms with van der Waals surface area (Å²) < 4.78 is 10.1. The highest BCUT2D eigenvalue weighted by atomic mass is 16.6. The Kier molecular flexibility index (Phi) is 3.21. The van der Waals surface area contributed by atoms with Crippen LogP contribution in [-0.4, -0.2) is 68.4 Å². The summed E-state index contributed by atoms with van der Waals surface area (Å²) in [6.45, 7) is 6.56. The van der Waals surface area contributed by atoms with Crippen LogP contribution in [0.15, 0.2) is 0 Å². The number of nitrogens with zero attached hydrogens (tertiary/aromatic N) is 2. The summed E-state index contributed by atoms with van der Waals surface area (Å²) in [5.41, 5.74) is 0. The summed E-state index contributed by atoms with van der Waals surface area (Å²) in [6, 6.07) is 0. The number of cyclic esters (lactones) is 1. The molecule has 0 saturated carbocycles. The molecule has 0 aromatic carbocycles. The zero-order valence-electron chi connectivity index (χ0n) is 8.28. The van der Waals surface area contributed by atoms with Crippen LogP contribution < -0.4 is 0 Å². The minimum Gasteiger partial charge on any atom is -0.448 e. The van der Waals surface area contributed by atoms with Crippen molar-refractivity contribution >= 4 is 6.09 Å². The Balaban J connectivity index is 1.68. The third-order valence-corrected chi connectivity index (χ3v) is 2.63. The topological polar surface area (TPSA) is 42.0 Å². The monoisotopic (exact) mass is 200 g/mol. The predicted octanol–water partition coefficient (Wildman–Crippen LogP) is -0.229. The van der Waals surface area contributed by atoms with Gasteiger partial charge in [0.15, 0.2) is 0 Å². The van der Waals surface area contributed by atoms with Crippen LogP contribution >= 0.6 is 0 Å². The van der Waals surface area contributed by atoms with E-state index in [4.69, 9.17) is 9.47 Å². The van der Waals surface area contributed by atoms with Gasteiger partial charge in [-0.15, -0.1) is 0 Å². The van der Waals surface area contributed by atoms with E-state index in [2.05, 4.69) is 4.90 Å². The van der Waals surface area contributed by atoms with Crippen molar-refractivity contribution in [2.75, 3.05) is 52.5 Å². The molecule has 2 aliphatic heterocycles. The Morgan fingerprint density at radius 3 is 2.50 bits per heavy atom. The highest BCUT2D eigenvalue weighted by molar-refractivity contribution is 5.69. The summed E-state index contributed by atoms with van der Waals surface area (Å²) in [7, 11) is 0. The summed E-state index contributed by atoms with van der Waals surface area (Å²) in [5.74, 6) is 0. The second-order valence-electron chi connectivity index (χ2n) is 3.56. The van der Waals surface area contributed by atoms with Crippen molar-refractivity contribution in [1.82, 2.24) is 9.80 Å². The normalized spacial score (nSPS) is 24.0. The van der Waals surface area contributed by atoms with Crippen molar-refractivity contribution < 1.29 is 14.3 Å². The molecular formula is C9H16N2O3. The van der Waals surface area contributed by atoms with E-state index in [9.17, 15) is 4.79 Å². The number of ether oxygens (including phenoxy) is 2. The molecule has 0 N–H and O–H groups in total. The number of rotatable bonds is 3. The van der Waals surface area contributed by atoms with Crippen LogP contribution in [-0.2, 0) is 9.47 Å². The van der Waals surface area contributed by atoms with E-state index in [0.29, 0.717) is 6.61 Å². The van der Waals surface area contributed by atoms with Crippen molar-refractivity contribution in [3.8, 4) is 0 Å². The Hall–Kier alpha value is -0.810. The van der Waals surface area contributed by atoms with Crippen LogP contribution in [0, 0.1) is 0 Å². The molecule has 5 heteroatoms. The van der Waals surface area contributed by atoms with E-state index in [1.54, 1.807) is 4.90 Å². The fraction of sp³-hybridized carbons (Fsp3) is 0.889. The molecule has 0 aromatic heterocycles. The van der Waals surface area contributed by atoms with Gasteiger partial charge in [-0.05, 0) is 0 Å². The summed E-state index contributed by atoms with van der Waals surface area (Å²) in [6.07, 6.45) is -0.168. The van der Waals surface area contributed by atoms with E-state index in [0.717, 1.165) is 45.9 Å². The minimum absolute atomic E-state index is 0.168. The molecule has 2 aliphatic rings. The van der Waals surface area contributed by atoms with Crippen LogP contribution in [0.2, 0.25) is 0 Å². The van der Waals surface area contributed by atoms with Gasteiger partial charge in [-0.25, -0.2) is 4.79 Å². The molecule has 0 aliphatic carbocycles. The van der Waals surface area contributed by atoms with Crippen molar-refractivity contribution in [2.45, 2.75) is 0 Å². The Morgan fingerprint density at radius 2 is 1.86 bits per heavy atom. The van der Waals surface area contributed by atoms with Crippen LogP contribution in [0.4, 0.5) is 4.79 Å². The Bertz CT molecular complexity index is 204. The second-order valence-corrected chi connectivity index (χ2v) is 3.56. The number of amides is 1. The Morgan fingerprint density at radius 1 is 1.07 bits per heavy atom. The van der Waals surface area contributed by atoms with Crippen LogP contribution in [0.5, 0.6) is 0 Å². The average Bonchev–Trinajstić information content (AvgIpc) is 2.63. The van der Waals surface area contributed by atoms with Crippen molar-refractivity contribution in [3.05, 3.63) is 0 Å². The maximum atomic E-state index is 11.1. The lowest BCUT2D eigenvalue weighted by Crippen LogP contribution is -2.41. The molecule has 2 saturated heterocycles. The maximum absolute atomic E-state index is 11.1. The molecule has 5 nitrogen and oxygen atoms in total. The van der Waals surface area contributed by atoms with Gasteiger partial charge in [-0.1, -0.05) is 0 Å². The smallest absolute Gasteiger partial charge is 0.409 e. The van der Waals surface area contributed by atoms with Gasteiger partial charge in [0.1, 0.15) is 6.61 Å². The zero-order chi connectivity index (χ0) is 9.80. The molecule has 0 aromatic rings. The first-order chi connectivity index (χ1) is 6.86. The standard InChI is InChI=1S/C9H16N2O3/c12-9-11(5-8-14-9)2-1-10-3-6-13-7-4-10/h1-8H2. The molecule has 14 heavy (non-hydrogen) atoms. The zero-order valence-corrected chi connectivity index (χ0v) is 8.28. The molecule has 0 bridgehead atoms. The third kappa shape index (κ3) is 2.36. The average molecular weight is 200 g/mol. The fourth-order valence-corrected chi connectivity index (χ4v) is 1.72. The maximum Gasteiger partial charge on any atom is 0.409 e. The Labute approximate surface area is 83.6 Å². The van der Waals surface area contributed by atoms with E-state index in [1.165, 1.54) is 0 Å². The molecule has 0 spiro atoms. The SMILES string of the molecule is O=C1OCCN1CCN1CCOCC1. The quantitative estimate of drug-likeness (QED) is 0.631. The van der Waals surface area contributed by atoms with Crippen LogP contribution in [0.25, 0.3) is 0 Å². The van der Waals surface area contributed by atoms with Crippen molar-refractivity contribution in [3.63, 3.8) is 0 Å². The molecule has 1 amide bonds.